The fourth-order valence-corrected chi connectivity index (χ4v) is 1.49. The molecule has 0 aliphatic heterocycles. The molecule has 0 heterocycles. The van der Waals surface area contributed by atoms with Gasteiger partial charge in [0.15, 0.2) is 12.4 Å². The van der Waals surface area contributed by atoms with Gasteiger partial charge in [0.1, 0.15) is 11.3 Å². The Balaban J connectivity index is 2.88. The lowest BCUT2D eigenvalue weighted by Crippen LogP contribution is -2.26. The van der Waals surface area contributed by atoms with Gasteiger partial charge in [-0.3, -0.25) is 4.79 Å². The number of methoxy groups -OCH3 is 1. The van der Waals surface area contributed by atoms with Crippen LogP contribution in [0, 0.1) is 5.41 Å². The number of ketones is 1. The molecule has 0 aliphatic rings. The SMILES string of the molecule is COc1cc(N)c(Cl)cc1C(=O)OCC(=O)C(C)(C)C. The van der Waals surface area contributed by atoms with Crippen LogP contribution in [-0.4, -0.2) is 25.5 Å². The number of hydrogen-bond acceptors (Lipinski definition) is 5. The molecule has 0 saturated heterocycles. The summed E-state index contributed by atoms with van der Waals surface area (Å²) in [7, 11) is 1.40. The molecule has 0 spiro atoms. The summed E-state index contributed by atoms with van der Waals surface area (Å²) in [6.07, 6.45) is 0. The molecule has 1 aromatic carbocycles. The topological polar surface area (TPSA) is 78.6 Å². The predicted molar refractivity (Wildman–Crippen MR) is 77.2 cm³/mol. The number of halogens is 1. The van der Waals surface area contributed by atoms with Crippen molar-refractivity contribution in [3.8, 4) is 5.75 Å². The summed E-state index contributed by atoms with van der Waals surface area (Å²) in [5.74, 6) is -0.604. The van der Waals surface area contributed by atoms with Crippen LogP contribution in [0.5, 0.6) is 5.75 Å². The van der Waals surface area contributed by atoms with E-state index in [9.17, 15) is 9.59 Å². The number of carbonyl (C=O) groups excluding carboxylic acids is 2. The maximum absolute atomic E-state index is 12.0. The molecular weight excluding hydrogens is 282 g/mol. The molecular formula is C14H18ClNO4. The monoisotopic (exact) mass is 299 g/mol. The molecule has 0 radical (unpaired) electrons. The number of hydrogen-bond donors (Lipinski definition) is 1. The first-order chi connectivity index (χ1) is 9.16. The Labute approximate surface area is 123 Å². The summed E-state index contributed by atoms with van der Waals surface area (Å²) in [6, 6.07) is 2.80. The molecule has 110 valence electrons. The van der Waals surface area contributed by atoms with Gasteiger partial charge in [0.2, 0.25) is 0 Å². The van der Waals surface area contributed by atoms with Gasteiger partial charge in [-0.2, -0.15) is 0 Å². The minimum absolute atomic E-state index is 0.133. The Morgan fingerprint density at radius 2 is 1.90 bits per heavy atom. The molecule has 6 heteroatoms. The highest BCUT2D eigenvalue weighted by Crippen LogP contribution is 2.29. The largest absolute Gasteiger partial charge is 0.496 e. The molecule has 2 N–H and O–H groups in total. The van der Waals surface area contributed by atoms with Gasteiger partial charge in [-0.15, -0.1) is 0 Å². The summed E-state index contributed by atoms with van der Waals surface area (Å²) in [5.41, 5.74) is 5.49. The summed E-state index contributed by atoms with van der Waals surface area (Å²) >= 11 is 5.87. The van der Waals surface area contributed by atoms with Crippen molar-refractivity contribution < 1.29 is 19.1 Å². The quantitative estimate of drug-likeness (QED) is 0.683. The fraction of sp³-hybridized carbons (Fsp3) is 0.429. The molecule has 0 amide bonds. The number of esters is 1. The van der Waals surface area contributed by atoms with Crippen LogP contribution in [0.1, 0.15) is 31.1 Å². The van der Waals surface area contributed by atoms with Gasteiger partial charge < -0.3 is 15.2 Å². The van der Waals surface area contributed by atoms with E-state index in [1.165, 1.54) is 19.2 Å². The Bertz CT molecular complexity index is 535. The third kappa shape index (κ3) is 3.87. The van der Waals surface area contributed by atoms with E-state index >= 15 is 0 Å². The Kier molecular flexibility index (Phi) is 5.00. The zero-order chi connectivity index (χ0) is 15.5. The molecule has 0 aliphatic carbocycles. The van der Waals surface area contributed by atoms with Gasteiger partial charge in [0.25, 0.3) is 0 Å². The van der Waals surface area contributed by atoms with E-state index < -0.39 is 11.4 Å². The van der Waals surface area contributed by atoms with Gasteiger partial charge in [-0.1, -0.05) is 32.4 Å². The van der Waals surface area contributed by atoms with Gasteiger partial charge in [0, 0.05) is 11.5 Å². The number of anilines is 1. The smallest absolute Gasteiger partial charge is 0.342 e. The first-order valence-electron chi connectivity index (χ1n) is 6.00. The molecule has 0 atom stereocenters. The Morgan fingerprint density at radius 1 is 1.30 bits per heavy atom. The Hall–Kier alpha value is -1.75. The average molecular weight is 300 g/mol. The lowest BCUT2D eigenvalue weighted by atomic mass is 9.91. The summed E-state index contributed by atoms with van der Waals surface area (Å²) in [6.45, 7) is 4.96. The van der Waals surface area contributed by atoms with Crippen molar-refractivity contribution in [2.75, 3.05) is 19.5 Å². The Morgan fingerprint density at radius 3 is 2.40 bits per heavy atom. The number of ether oxygens (including phenoxy) is 2. The van der Waals surface area contributed by atoms with Gasteiger partial charge in [-0.05, 0) is 6.07 Å². The van der Waals surface area contributed by atoms with Gasteiger partial charge >= 0.3 is 5.97 Å². The van der Waals surface area contributed by atoms with Gasteiger partial charge in [0.05, 0.1) is 17.8 Å². The maximum Gasteiger partial charge on any atom is 0.342 e. The molecule has 20 heavy (non-hydrogen) atoms. The molecule has 5 nitrogen and oxygen atoms in total. The minimum atomic E-state index is -0.679. The molecule has 0 fully saturated rings. The number of benzene rings is 1. The van der Waals surface area contributed by atoms with Crippen LogP contribution < -0.4 is 10.5 Å². The number of nitrogen functional groups attached to an aromatic ring is 1. The van der Waals surface area contributed by atoms with Crippen molar-refractivity contribution in [1.29, 1.82) is 0 Å². The van der Waals surface area contributed by atoms with Crippen molar-refractivity contribution in [2.24, 2.45) is 5.41 Å². The van der Waals surface area contributed by atoms with E-state index in [-0.39, 0.29) is 28.7 Å². The van der Waals surface area contributed by atoms with Gasteiger partial charge in [-0.25, -0.2) is 4.79 Å². The van der Waals surface area contributed by atoms with Crippen LogP contribution in [0.15, 0.2) is 12.1 Å². The van der Waals surface area contributed by atoms with Crippen LogP contribution in [0.3, 0.4) is 0 Å². The van der Waals surface area contributed by atoms with Crippen molar-refractivity contribution >= 4 is 29.0 Å². The normalized spacial score (nSPS) is 11.1. The molecule has 0 unspecified atom stereocenters. The molecule has 1 aromatic rings. The van der Waals surface area contributed by atoms with E-state index in [0.717, 1.165) is 0 Å². The molecule has 1 rings (SSSR count). The average Bonchev–Trinajstić information content (AvgIpc) is 2.36. The van der Waals surface area contributed by atoms with Crippen molar-refractivity contribution in [2.45, 2.75) is 20.8 Å². The zero-order valence-electron chi connectivity index (χ0n) is 12.0. The third-order valence-corrected chi connectivity index (χ3v) is 3.04. The molecule has 0 saturated carbocycles. The van der Waals surface area contributed by atoms with E-state index in [1.54, 1.807) is 20.8 Å². The van der Waals surface area contributed by atoms with Crippen LogP contribution >= 0.6 is 11.6 Å². The first kappa shape index (κ1) is 16.3. The van der Waals surface area contributed by atoms with E-state index in [2.05, 4.69) is 0 Å². The van der Waals surface area contributed by atoms with Crippen LogP contribution in [0.25, 0.3) is 0 Å². The molecule has 0 bridgehead atoms. The summed E-state index contributed by atoms with van der Waals surface area (Å²) < 4.78 is 10.0. The summed E-state index contributed by atoms with van der Waals surface area (Å²) in [4.78, 5) is 23.7. The minimum Gasteiger partial charge on any atom is -0.496 e. The number of Topliss-reactive ketones (excluding diaryl/α,β-unsaturated/α-hetero) is 1. The number of carbonyl (C=O) groups is 2. The zero-order valence-corrected chi connectivity index (χ0v) is 12.7. The predicted octanol–water partition coefficient (Wildman–Crippen LogP) is 2.70. The standard InChI is InChI=1S/C14H18ClNO4/c1-14(2,3)12(17)7-20-13(18)8-5-9(15)10(16)6-11(8)19-4/h5-6H,7,16H2,1-4H3. The first-order valence-corrected chi connectivity index (χ1v) is 6.38. The van der Waals surface area contributed by atoms with Crippen molar-refractivity contribution in [3.63, 3.8) is 0 Å². The number of rotatable bonds is 4. The van der Waals surface area contributed by atoms with Crippen LogP contribution in [0.2, 0.25) is 5.02 Å². The van der Waals surface area contributed by atoms with Crippen LogP contribution in [0.4, 0.5) is 5.69 Å². The van der Waals surface area contributed by atoms with E-state index in [4.69, 9.17) is 26.8 Å². The van der Waals surface area contributed by atoms with E-state index in [0.29, 0.717) is 5.69 Å². The van der Waals surface area contributed by atoms with Crippen molar-refractivity contribution in [1.82, 2.24) is 0 Å². The number of nitrogens with two attached hydrogens (primary N) is 1. The lowest BCUT2D eigenvalue weighted by molar-refractivity contribution is -0.129. The highest BCUT2D eigenvalue weighted by molar-refractivity contribution is 6.33. The second-order valence-corrected chi connectivity index (χ2v) is 5.73. The summed E-state index contributed by atoms with van der Waals surface area (Å²) in [5, 5.41) is 0.222. The lowest BCUT2D eigenvalue weighted by Gasteiger charge is -2.16. The maximum atomic E-state index is 12.0. The second-order valence-electron chi connectivity index (χ2n) is 5.32. The molecule has 0 aromatic heterocycles. The fourth-order valence-electron chi connectivity index (χ4n) is 1.32. The highest BCUT2D eigenvalue weighted by atomic mass is 35.5. The third-order valence-electron chi connectivity index (χ3n) is 2.71. The van der Waals surface area contributed by atoms with Crippen molar-refractivity contribution in [3.05, 3.63) is 22.7 Å². The van der Waals surface area contributed by atoms with E-state index in [1.807, 2.05) is 0 Å². The second kappa shape index (κ2) is 6.13. The van der Waals surface area contributed by atoms with Crippen LogP contribution in [-0.2, 0) is 9.53 Å². The highest BCUT2D eigenvalue weighted by Gasteiger charge is 2.24.